The van der Waals surface area contributed by atoms with Crippen molar-refractivity contribution in [1.29, 1.82) is 0 Å². The Kier molecular flexibility index (Phi) is 5.71. The molecule has 0 aliphatic rings. The molecule has 3 rings (SSSR count). The van der Waals surface area contributed by atoms with E-state index >= 15 is 0 Å². The normalized spacial score (nSPS) is 10.7. The molecule has 0 unspecified atom stereocenters. The summed E-state index contributed by atoms with van der Waals surface area (Å²) in [7, 11) is 1.61. The molecule has 0 aliphatic heterocycles. The standard InChI is InChI=1S/C20H21N3O4/c1-13(2)21-18(24)12-26-17-6-4-5-15(11-17)20-22-19(23-27-20)14-7-9-16(25-3)10-8-14/h4-11,13H,12H2,1-3H3,(H,21,24). The highest BCUT2D eigenvalue weighted by Gasteiger charge is 2.12. The summed E-state index contributed by atoms with van der Waals surface area (Å²) in [6.45, 7) is 3.74. The molecule has 7 heteroatoms. The van der Waals surface area contributed by atoms with E-state index in [9.17, 15) is 4.79 Å². The fourth-order valence-electron chi connectivity index (χ4n) is 2.43. The first-order chi connectivity index (χ1) is 13.0. The Balaban J connectivity index is 1.71. The van der Waals surface area contributed by atoms with Crippen molar-refractivity contribution in [2.45, 2.75) is 19.9 Å². The van der Waals surface area contributed by atoms with Crippen LogP contribution in [0.3, 0.4) is 0 Å². The Labute approximate surface area is 157 Å². The third-order valence-corrected chi connectivity index (χ3v) is 3.67. The van der Waals surface area contributed by atoms with Crippen molar-refractivity contribution < 1.29 is 18.8 Å². The third-order valence-electron chi connectivity index (χ3n) is 3.67. The van der Waals surface area contributed by atoms with Gasteiger partial charge in [0, 0.05) is 17.2 Å². The maximum absolute atomic E-state index is 11.7. The SMILES string of the molecule is COc1ccc(-c2noc(-c3cccc(OCC(=O)NC(C)C)c3)n2)cc1. The van der Waals surface area contributed by atoms with E-state index in [1.165, 1.54) is 0 Å². The van der Waals surface area contributed by atoms with Crippen LogP contribution in [0, 0.1) is 0 Å². The summed E-state index contributed by atoms with van der Waals surface area (Å²) in [4.78, 5) is 16.1. The Hall–Kier alpha value is -3.35. The molecule has 0 aliphatic carbocycles. The van der Waals surface area contributed by atoms with E-state index in [1.54, 1.807) is 19.2 Å². The summed E-state index contributed by atoms with van der Waals surface area (Å²) in [5.41, 5.74) is 1.53. The van der Waals surface area contributed by atoms with Gasteiger partial charge in [0.25, 0.3) is 11.8 Å². The molecule has 0 fully saturated rings. The molecule has 1 amide bonds. The predicted octanol–water partition coefficient (Wildman–Crippen LogP) is 3.32. The van der Waals surface area contributed by atoms with E-state index in [4.69, 9.17) is 14.0 Å². The number of carbonyl (C=O) groups excluding carboxylic acids is 1. The molecule has 0 spiro atoms. The van der Waals surface area contributed by atoms with Crippen molar-refractivity contribution in [2.75, 3.05) is 13.7 Å². The lowest BCUT2D eigenvalue weighted by molar-refractivity contribution is -0.123. The molecule has 0 saturated heterocycles. The van der Waals surface area contributed by atoms with Gasteiger partial charge < -0.3 is 19.3 Å². The van der Waals surface area contributed by atoms with E-state index in [0.717, 1.165) is 11.3 Å². The van der Waals surface area contributed by atoms with Gasteiger partial charge in [-0.05, 0) is 56.3 Å². The fourth-order valence-corrected chi connectivity index (χ4v) is 2.43. The summed E-state index contributed by atoms with van der Waals surface area (Å²) in [5.74, 6) is 1.99. The Morgan fingerprint density at radius 2 is 1.89 bits per heavy atom. The molecular formula is C20H21N3O4. The predicted molar refractivity (Wildman–Crippen MR) is 100 cm³/mol. The molecular weight excluding hydrogens is 346 g/mol. The van der Waals surface area contributed by atoms with Gasteiger partial charge >= 0.3 is 0 Å². The van der Waals surface area contributed by atoms with Crippen molar-refractivity contribution in [2.24, 2.45) is 0 Å². The molecule has 1 heterocycles. The van der Waals surface area contributed by atoms with Gasteiger partial charge in [-0.1, -0.05) is 11.2 Å². The maximum atomic E-state index is 11.7. The van der Waals surface area contributed by atoms with Crippen molar-refractivity contribution in [1.82, 2.24) is 15.5 Å². The van der Waals surface area contributed by atoms with E-state index in [2.05, 4.69) is 15.5 Å². The van der Waals surface area contributed by atoms with E-state index in [1.807, 2.05) is 50.2 Å². The van der Waals surface area contributed by atoms with Crippen LogP contribution in [-0.4, -0.2) is 35.8 Å². The molecule has 7 nitrogen and oxygen atoms in total. The number of ether oxygens (including phenoxy) is 2. The van der Waals surface area contributed by atoms with E-state index < -0.39 is 0 Å². The third kappa shape index (κ3) is 4.84. The number of rotatable bonds is 7. The van der Waals surface area contributed by atoms with Gasteiger partial charge in [0.05, 0.1) is 7.11 Å². The first-order valence-electron chi connectivity index (χ1n) is 8.56. The molecule has 1 N–H and O–H groups in total. The number of benzene rings is 2. The molecule has 27 heavy (non-hydrogen) atoms. The molecule has 0 saturated carbocycles. The summed E-state index contributed by atoms with van der Waals surface area (Å²) < 4.78 is 16.0. The van der Waals surface area contributed by atoms with Gasteiger partial charge in [0.15, 0.2) is 6.61 Å². The highest BCUT2D eigenvalue weighted by molar-refractivity contribution is 5.77. The number of aromatic nitrogens is 2. The smallest absolute Gasteiger partial charge is 0.258 e. The number of nitrogens with zero attached hydrogens (tertiary/aromatic N) is 2. The second kappa shape index (κ2) is 8.35. The van der Waals surface area contributed by atoms with Crippen LogP contribution in [-0.2, 0) is 4.79 Å². The Bertz CT molecular complexity index is 904. The van der Waals surface area contributed by atoms with Crippen LogP contribution in [0.15, 0.2) is 53.1 Å². The lowest BCUT2D eigenvalue weighted by Crippen LogP contribution is -2.34. The summed E-state index contributed by atoms with van der Waals surface area (Å²) >= 11 is 0. The van der Waals surface area contributed by atoms with Crippen LogP contribution in [0.25, 0.3) is 22.8 Å². The average molecular weight is 367 g/mol. The Morgan fingerprint density at radius 3 is 2.59 bits per heavy atom. The minimum atomic E-state index is -0.171. The first-order valence-corrected chi connectivity index (χ1v) is 8.56. The van der Waals surface area contributed by atoms with Gasteiger partial charge in [-0.15, -0.1) is 0 Å². The average Bonchev–Trinajstić information content (AvgIpc) is 3.16. The van der Waals surface area contributed by atoms with Gasteiger partial charge in [-0.25, -0.2) is 0 Å². The minimum Gasteiger partial charge on any atom is -0.497 e. The van der Waals surface area contributed by atoms with Crippen molar-refractivity contribution >= 4 is 5.91 Å². The van der Waals surface area contributed by atoms with Crippen LogP contribution >= 0.6 is 0 Å². The number of nitrogens with one attached hydrogen (secondary N) is 1. The van der Waals surface area contributed by atoms with Crippen molar-refractivity contribution in [3.05, 3.63) is 48.5 Å². The van der Waals surface area contributed by atoms with Gasteiger partial charge in [0.1, 0.15) is 11.5 Å². The summed E-state index contributed by atoms with van der Waals surface area (Å²) in [5, 5.41) is 6.80. The molecule has 140 valence electrons. The number of hydrogen-bond donors (Lipinski definition) is 1. The number of methoxy groups -OCH3 is 1. The van der Waals surface area contributed by atoms with Crippen molar-refractivity contribution in [3.63, 3.8) is 0 Å². The van der Waals surface area contributed by atoms with Crippen LogP contribution in [0.2, 0.25) is 0 Å². The molecule has 3 aromatic rings. The fraction of sp³-hybridized carbons (Fsp3) is 0.250. The maximum Gasteiger partial charge on any atom is 0.258 e. The summed E-state index contributed by atoms with van der Waals surface area (Å²) in [6.07, 6.45) is 0. The molecule has 2 aromatic carbocycles. The zero-order valence-corrected chi connectivity index (χ0v) is 15.4. The van der Waals surface area contributed by atoms with Gasteiger partial charge in [-0.3, -0.25) is 4.79 Å². The quantitative estimate of drug-likeness (QED) is 0.689. The van der Waals surface area contributed by atoms with Crippen LogP contribution in [0.5, 0.6) is 11.5 Å². The molecule has 0 atom stereocenters. The lowest BCUT2D eigenvalue weighted by atomic mass is 10.2. The first kappa shape index (κ1) is 18.4. The monoisotopic (exact) mass is 367 g/mol. The summed E-state index contributed by atoms with van der Waals surface area (Å²) in [6, 6.07) is 14.6. The minimum absolute atomic E-state index is 0.0530. The number of carbonyl (C=O) groups is 1. The van der Waals surface area contributed by atoms with Gasteiger partial charge in [-0.2, -0.15) is 4.98 Å². The van der Waals surface area contributed by atoms with Crippen LogP contribution in [0.4, 0.5) is 0 Å². The number of hydrogen-bond acceptors (Lipinski definition) is 6. The lowest BCUT2D eigenvalue weighted by Gasteiger charge is -2.09. The zero-order chi connectivity index (χ0) is 19.2. The highest BCUT2D eigenvalue weighted by Crippen LogP contribution is 2.26. The molecule has 0 bridgehead atoms. The molecule has 0 radical (unpaired) electrons. The highest BCUT2D eigenvalue weighted by atomic mass is 16.5. The zero-order valence-electron chi connectivity index (χ0n) is 15.4. The second-order valence-corrected chi connectivity index (χ2v) is 6.19. The van der Waals surface area contributed by atoms with Crippen LogP contribution < -0.4 is 14.8 Å². The molecule has 1 aromatic heterocycles. The topological polar surface area (TPSA) is 86.5 Å². The Morgan fingerprint density at radius 1 is 1.11 bits per heavy atom. The van der Waals surface area contributed by atoms with Crippen LogP contribution in [0.1, 0.15) is 13.8 Å². The van der Waals surface area contributed by atoms with E-state index in [0.29, 0.717) is 23.0 Å². The largest absolute Gasteiger partial charge is 0.497 e. The van der Waals surface area contributed by atoms with E-state index in [-0.39, 0.29) is 18.6 Å². The van der Waals surface area contributed by atoms with Gasteiger partial charge in [0.2, 0.25) is 5.82 Å². The van der Waals surface area contributed by atoms with Crippen molar-refractivity contribution in [3.8, 4) is 34.3 Å². The number of amides is 1. The second-order valence-electron chi connectivity index (χ2n) is 6.19.